The van der Waals surface area contributed by atoms with Gasteiger partial charge in [0, 0.05) is 31.5 Å². The van der Waals surface area contributed by atoms with Crippen molar-refractivity contribution in [3.63, 3.8) is 0 Å². The van der Waals surface area contributed by atoms with Crippen LogP contribution in [0.15, 0.2) is 40.9 Å². The number of benzene rings is 1. The quantitative estimate of drug-likeness (QED) is 0.885. The van der Waals surface area contributed by atoms with Gasteiger partial charge in [0.05, 0.1) is 6.20 Å². The highest BCUT2D eigenvalue weighted by molar-refractivity contribution is 5.76. The fourth-order valence-electron chi connectivity index (χ4n) is 3.11. The van der Waals surface area contributed by atoms with Crippen LogP contribution in [-0.2, 0) is 11.2 Å². The van der Waals surface area contributed by atoms with E-state index in [-0.39, 0.29) is 11.3 Å². The van der Waals surface area contributed by atoms with Gasteiger partial charge in [-0.3, -0.25) is 4.79 Å². The summed E-state index contributed by atoms with van der Waals surface area (Å²) in [6.45, 7) is 4.39. The maximum atomic E-state index is 12.3. The number of hydrogen-bond donors (Lipinski definition) is 1. The molecule has 1 aromatic heterocycles. The number of nitrogens with two attached hydrogens (primary N) is 1. The predicted octanol–water partition coefficient (Wildman–Crippen LogP) is 2.86. The molecule has 1 unspecified atom stereocenters. The van der Waals surface area contributed by atoms with Gasteiger partial charge in [-0.2, -0.15) is 0 Å². The lowest BCUT2D eigenvalue weighted by Gasteiger charge is -2.22. The van der Waals surface area contributed by atoms with Crippen molar-refractivity contribution >= 4 is 5.91 Å². The second-order valence-corrected chi connectivity index (χ2v) is 6.92. The van der Waals surface area contributed by atoms with Gasteiger partial charge in [-0.25, -0.2) is 4.98 Å². The molecule has 24 heavy (non-hydrogen) atoms. The lowest BCUT2D eigenvalue weighted by molar-refractivity contribution is -0.130. The third-order valence-electron chi connectivity index (χ3n) is 4.80. The molecule has 2 aromatic rings. The molecule has 1 amide bonds. The van der Waals surface area contributed by atoms with Crippen LogP contribution in [0.2, 0.25) is 0 Å². The highest BCUT2D eigenvalue weighted by atomic mass is 16.4. The summed E-state index contributed by atoms with van der Waals surface area (Å²) >= 11 is 0. The van der Waals surface area contributed by atoms with Crippen LogP contribution in [0.25, 0.3) is 11.3 Å². The normalized spacial score (nSPS) is 20.5. The van der Waals surface area contributed by atoms with Crippen LogP contribution in [0.4, 0.5) is 0 Å². The number of amides is 1. The Bertz CT molecular complexity index is 683. The molecule has 0 spiro atoms. The smallest absolute Gasteiger partial charge is 0.222 e. The van der Waals surface area contributed by atoms with Crippen molar-refractivity contribution in [1.29, 1.82) is 0 Å². The number of oxazole rings is 1. The summed E-state index contributed by atoms with van der Waals surface area (Å²) < 4.78 is 5.77. The van der Waals surface area contributed by atoms with Crippen LogP contribution >= 0.6 is 0 Å². The predicted molar refractivity (Wildman–Crippen MR) is 93.2 cm³/mol. The van der Waals surface area contributed by atoms with E-state index in [9.17, 15) is 4.79 Å². The maximum absolute atomic E-state index is 12.3. The first-order chi connectivity index (χ1) is 11.6. The van der Waals surface area contributed by atoms with E-state index < -0.39 is 0 Å². The molecule has 0 bridgehead atoms. The van der Waals surface area contributed by atoms with E-state index in [1.54, 1.807) is 6.20 Å². The Morgan fingerprint density at radius 2 is 2.17 bits per heavy atom. The molecule has 128 valence electrons. The molecule has 1 aliphatic rings. The fourth-order valence-corrected chi connectivity index (χ4v) is 3.11. The summed E-state index contributed by atoms with van der Waals surface area (Å²) in [5.41, 5.74) is 6.90. The number of likely N-dealkylation sites (tertiary alicyclic amines) is 1. The first kappa shape index (κ1) is 16.7. The molecule has 2 N–H and O–H groups in total. The van der Waals surface area contributed by atoms with Crippen molar-refractivity contribution in [1.82, 2.24) is 9.88 Å². The molecule has 3 rings (SSSR count). The van der Waals surface area contributed by atoms with Crippen molar-refractivity contribution in [3.8, 4) is 11.3 Å². The van der Waals surface area contributed by atoms with Crippen molar-refractivity contribution in [2.75, 3.05) is 19.6 Å². The van der Waals surface area contributed by atoms with E-state index in [1.807, 2.05) is 35.2 Å². The highest BCUT2D eigenvalue weighted by Crippen LogP contribution is 2.29. The highest BCUT2D eigenvalue weighted by Gasteiger charge is 2.34. The summed E-state index contributed by atoms with van der Waals surface area (Å²) in [6, 6.07) is 9.91. The summed E-state index contributed by atoms with van der Waals surface area (Å²) in [4.78, 5) is 18.6. The van der Waals surface area contributed by atoms with Gasteiger partial charge >= 0.3 is 0 Å². The number of hydrogen-bond acceptors (Lipinski definition) is 4. The van der Waals surface area contributed by atoms with Crippen molar-refractivity contribution in [2.24, 2.45) is 11.1 Å². The zero-order chi connectivity index (χ0) is 17.0. The Kier molecular flexibility index (Phi) is 5.00. The van der Waals surface area contributed by atoms with Crippen LogP contribution < -0.4 is 5.73 Å². The molecule has 1 atom stereocenters. The number of carbonyl (C=O) groups is 1. The van der Waals surface area contributed by atoms with Crippen LogP contribution in [-0.4, -0.2) is 35.4 Å². The minimum absolute atomic E-state index is 0.0861. The molecule has 1 aliphatic heterocycles. The van der Waals surface area contributed by atoms with E-state index in [0.717, 1.165) is 37.3 Å². The van der Waals surface area contributed by atoms with Crippen LogP contribution in [0.1, 0.15) is 32.1 Å². The fraction of sp³-hybridized carbons (Fsp3) is 0.474. The minimum Gasteiger partial charge on any atom is -0.441 e. The Morgan fingerprint density at radius 1 is 1.38 bits per heavy atom. The third-order valence-corrected chi connectivity index (χ3v) is 4.80. The largest absolute Gasteiger partial charge is 0.441 e. The maximum Gasteiger partial charge on any atom is 0.222 e. The molecule has 0 saturated carbocycles. The molecule has 1 aromatic carbocycles. The Morgan fingerprint density at radius 3 is 2.88 bits per heavy atom. The topological polar surface area (TPSA) is 72.4 Å². The summed E-state index contributed by atoms with van der Waals surface area (Å²) in [7, 11) is 0. The monoisotopic (exact) mass is 327 g/mol. The molecule has 2 heterocycles. The molecule has 5 heteroatoms. The molecule has 1 fully saturated rings. The molecule has 1 saturated heterocycles. The average molecular weight is 327 g/mol. The molecular weight excluding hydrogens is 302 g/mol. The standard InChI is InChI=1S/C19H25N3O2/c1-19(13-20)10-11-22(14-19)18(23)9-5-8-17-21-12-16(24-17)15-6-3-2-4-7-15/h2-4,6-7,12H,5,8-11,13-14,20H2,1H3. The van der Waals surface area contributed by atoms with Gasteiger partial charge in [0.25, 0.3) is 0 Å². The minimum atomic E-state index is 0.0861. The third kappa shape index (κ3) is 3.85. The average Bonchev–Trinajstić information content (AvgIpc) is 3.23. The van der Waals surface area contributed by atoms with Gasteiger partial charge in [-0.15, -0.1) is 0 Å². The van der Waals surface area contributed by atoms with Crippen LogP contribution in [0, 0.1) is 5.41 Å². The van der Waals surface area contributed by atoms with Gasteiger partial charge in [-0.05, 0) is 24.8 Å². The Hall–Kier alpha value is -2.14. The second kappa shape index (κ2) is 7.18. The van der Waals surface area contributed by atoms with E-state index in [1.165, 1.54) is 0 Å². The molecular formula is C19H25N3O2. The Balaban J connectivity index is 1.47. The first-order valence-corrected chi connectivity index (χ1v) is 8.58. The van der Waals surface area contributed by atoms with Gasteiger partial charge < -0.3 is 15.1 Å². The van der Waals surface area contributed by atoms with E-state index in [4.69, 9.17) is 10.2 Å². The number of aromatic nitrogens is 1. The van der Waals surface area contributed by atoms with Gasteiger partial charge in [0.1, 0.15) is 0 Å². The first-order valence-electron chi connectivity index (χ1n) is 8.58. The van der Waals surface area contributed by atoms with Crippen LogP contribution in [0.5, 0.6) is 0 Å². The van der Waals surface area contributed by atoms with Crippen molar-refractivity contribution in [2.45, 2.75) is 32.6 Å². The van der Waals surface area contributed by atoms with E-state index in [0.29, 0.717) is 25.3 Å². The van der Waals surface area contributed by atoms with Crippen molar-refractivity contribution in [3.05, 3.63) is 42.4 Å². The number of rotatable bonds is 6. The summed E-state index contributed by atoms with van der Waals surface area (Å²) in [5, 5.41) is 0. The second-order valence-electron chi connectivity index (χ2n) is 6.92. The van der Waals surface area contributed by atoms with Gasteiger partial charge in [-0.1, -0.05) is 37.3 Å². The van der Waals surface area contributed by atoms with Crippen molar-refractivity contribution < 1.29 is 9.21 Å². The lowest BCUT2D eigenvalue weighted by atomic mass is 9.90. The zero-order valence-corrected chi connectivity index (χ0v) is 14.2. The SMILES string of the molecule is CC1(CN)CCN(C(=O)CCCc2ncc(-c3ccccc3)o2)C1. The number of carbonyl (C=O) groups excluding carboxylic acids is 1. The molecule has 5 nitrogen and oxygen atoms in total. The van der Waals surface area contributed by atoms with Gasteiger partial charge in [0.2, 0.25) is 5.91 Å². The number of aryl methyl sites for hydroxylation is 1. The molecule has 0 aliphatic carbocycles. The lowest BCUT2D eigenvalue weighted by Crippen LogP contribution is -2.34. The summed E-state index contributed by atoms with van der Waals surface area (Å²) in [6.07, 6.45) is 4.71. The van der Waals surface area contributed by atoms with Crippen LogP contribution in [0.3, 0.4) is 0 Å². The van der Waals surface area contributed by atoms with Gasteiger partial charge in [0.15, 0.2) is 11.7 Å². The zero-order valence-electron chi connectivity index (χ0n) is 14.2. The Labute approximate surface area is 142 Å². The summed E-state index contributed by atoms with van der Waals surface area (Å²) in [5.74, 6) is 1.67. The number of nitrogens with zero attached hydrogens (tertiary/aromatic N) is 2. The van der Waals surface area contributed by atoms with E-state index >= 15 is 0 Å². The molecule has 0 radical (unpaired) electrons. The van der Waals surface area contributed by atoms with E-state index in [2.05, 4.69) is 11.9 Å².